The summed E-state index contributed by atoms with van der Waals surface area (Å²) in [6.07, 6.45) is 0. The molecule has 72 valence electrons. The van der Waals surface area contributed by atoms with Gasteiger partial charge in [-0.05, 0) is 19.1 Å². The summed E-state index contributed by atoms with van der Waals surface area (Å²) in [5.41, 5.74) is 1.24. The molecule has 1 aromatic rings. The highest BCUT2D eigenvalue weighted by molar-refractivity contribution is 5.26. The van der Waals surface area contributed by atoms with Gasteiger partial charge in [-0.3, -0.25) is 5.84 Å². The molecule has 0 radical (unpaired) electrons. The lowest BCUT2D eigenvalue weighted by atomic mass is 10.2. The van der Waals surface area contributed by atoms with E-state index in [1.807, 2.05) is 31.3 Å². The Morgan fingerprint density at radius 3 is 2.46 bits per heavy atom. The molecular weight excluding hydrogens is 164 g/mol. The molecule has 0 fully saturated rings. The molecule has 0 aliphatic carbocycles. The van der Waals surface area contributed by atoms with Crippen LogP contribution in [0.2, 0.25) is 0 Å². The van der Waals surface area contributed by atoms with Crippen molar-refractivity contribution in [2.24, 2.45) is 5.84 Å². The van der Waals surface area contributed by atoms with Crippen LogP contribution in [0.4, 0.5) is 0 Å². The first-order chi connectivity index (χ1) is 6.18. The van der Waals surface area contributed by atoms with Gasteiger partial charge in [0.15, 0.2) is 0 Å². The highest BCUT2D eigenvalue weighted by Crippen LogP contribution is 2.10. The molecule has 0 aliphatic heterocycles. The van der Waals surface area contributed by atoms with E-state index >= 15 is 0 Å². The van der Waals surface area contributed by atoms with E-state index < -0.39 is 0 Å². The number of nitrogens with two attached hydrogens (primary N) is 1. The number of likely N-dealkylation sites (N-methyl/N-ethyl adjacent to an activating group) is 1. The minimum atomic E-state index is 0.621. The second-order valence-corrected chi connectivity index (χ2v) is 3.14. The van der Waals surface area contributed by atoms with Crippen molar-refractivity contribution in [2.75, 3.05) is 20.2 Å². The topological polar surface area (TPSA) is 38.5 Å². The first-order valence-electron chi connectivity index (χ1n) is 4.34. The summed E-state index contributed by atoms with van der Waals surface area (Å²) in [5, 5.41) is 1.61. The summed E-state index contributed by atoms with van der Waals surface area (Å²) in [6, 6.07) is 7.99. The zero-order valence-electron chi connectivity index (χ0n) is 8.16. The number of hydrogen-bond donors (Lipinski definition) is 1. The van der Waals surface area contributed by atoms with Gasteiger partial charge in [-0.15, -0.1) is 0 Å². The number of hydrogen-bond acceptors (Lipinski definition) is 3. The summed E-state index contributed by atoms with van der Waals surface area (Å²) < 4.78 is 5.45. The van der Waals surface area contributed by atoms with E-state index in [2.05, 4.69) is 6.92 Å². The van der Waals surface area contributed by atoms with Gasteiger partial charge in [0.2, 0.25) is 0 Å². The van der Waals surface area contributed by atoms with E-state index in [4.69, 9.17) is 10.6 Å². The highest BCUT2D eigenvalue weighted by Gasteiger charge is 1.93. The van der Waals surface area contributed by atoms with Crippen LogP contribution in [-0.2, 0) is 0 Å². The molecule has 1 rings (SSSR count). The molecule has 0 bridgehead atoms. The molecular formula is C10H16N2O. The lowest BCUT2D eigenvalue weighted by Crippen LogP contribution is -2.30. The summed E-state index contributed by atoms with van der Waals surface area (Å²) in [4.78, 5) is 0. The van der Waals surface area contributed by atoms with Crippen LogP contribution in [0.25, 0.3) is 0 Å². The Labute approximate surface area is 79.1 Å². The Balaban J connectivity index is 2.33. The molecule has 0 aliphatic rings. The zero-order chi connectivity index (χ0) is 9.68. The largest absolute Gasteiger partial charge is 0.492 e. The molecule has 0 spiro atoms. The Morgan fingerprint density at radius 1 is 1.31 bits per heavy atom. The first-order valence-corrected chi connectivity index (χ1v) is 4.34. The summed E-state index contributed by atoms with van der Waals surface area (Å²) in [6.45, 7) is 3.40. The number of aryl methyl sites for hydroxylation is 1. The molecule has 0 amide bonds. The van der Waals surface area contributed by atoms with Crippen LogP contribution in [0.15, 0.2) is 24.3 Å². The number of benzene rings is 1. The van der Waals surface area contributed by atoms with Gasteiger partial charge in [0.25, 0.3) is 0 Å². The van der Waals surface area contributed by atoms with Crippen LogP contribution in [-0.4, -0.2) is 25.2 Å². The normalized spacial score (nSPS) is 10.5. The second kappa shape index (κ2) is 4.84. The quantitative estimate of drug-likeness (QED) is 0.558. The predicted octanol–water partition coefficient (Wildman–Crippen LogP) is 1.18. The fourth-order valence-electron chi connectivity index (χ4n) is 0.942. The highest BCUT2D eigenvalue weighted by atomic mass is 16.5. The van der Waals surface area contributed by atoms with E-state index in [0.29, 0.717) is 6.61 Å². The Hall–Kier alpha value is -1.06. The number of ether oxygens (including phenoxy) is 1. The number of nitrogens with zero attached hydrogens (tertiary/aromatic N) is 1. The van der Waals surface area contributed by atoms with Crippen LogP contribution in [0.3, 0.4) is 0 Å². The fourth-order valence-corrected chi connectivity index (χ4v) is 0.942. The maximum absolute atomic E-state index is 5.45. The zero-order valence-corrected chi connectivity index (χ0v) is 8.16. The van der Waals surface area contributed by atoms with Crippen LogP contribution in [0.1, 0.15) is 5.56 Å². The molecule has 0 saturated heterocycles. The van der Waals surface area contributed by atoms with Gasteiger partial charge >= 0.3 is 0 Å². The minimum absolute atomic E-state index is 0.621. The van der Waals surface area contributed by atoms with Crippen molar-refractivity contribution >= 4 is 0 Å². The van der Waals surface area contributed by atoms with Crippen molar-refractivity contribution < 1.29 is 4.74 Å². The van der Waals surface area contributed by atoms with Crippen molar-refractivity contribution in [2.45, 2.75) is 6.92 Å². The lowest BCUT2D eigenvalue weighted by Gasteiger charge is -2.10. The van der Waals surface area contributed by atoms with Crippen LogP contribution < -0.4 is 10.6 Å². The summed E-state index contributed by atoms with van der Waals surface area (Å²) in [5.74, 6) is 6.33. The van der Waals surface area contributed by atoms with Crippen LogP contribution >= 0.6 is 0 Å². The fraction of sp³-hybridized carbons (Fsp3) is 0.400. The third-order valence-corrected chi connectivity index (χ3v) is 1.73. The van der Waals surface area contributed by atoms with Gasteiger partial charge in [-0.1, -0.05) is 17.7 Å². The van der Waals surface area contributed by atoms with E-state index in [1.165, 1.54) is 5.56 Å². The molecule has 2 N–H and O–H groups in total. The molecule has 0 unspecified atom stereocenters. The monoisotopic (exact) mass is 180 g/mol. The number of hydrazine groups is 1. The molecule has 0 heterocycles. The van der Waals surface area contributed by atoms with Crippen molar-refractivity contribution in [3.63, 3.8) is 0 Å². The molecule has 0 saturated carbocycles. The Morgan fingerprint density at radius 2 is 1.92 bits per heavy atom. The minimum Gasteiger partial charge on any atom is -0.492 e. The smallest absolute Gasteiger partial charge is 0.119 e. The molecule has 1 aromatic carbocycles. The molecule has 3 heteroatoms. The average molecular weight is 180 g/mol. The van der Waals surface area contributed by atoms with Crippen molar-refractivity contribution in [1.29, 1.82) is 0 Å². The summed E-state index contributed by atoms with van der Waals surface area (Å²) in [7, 11) is 1.82. The van der Waals surface area contributed by atoms with E-state index in [0.717, 1.165) is 12.3 Å². The van der Waals surface area contributed by atoms with Crippen LogP contribution in [0, 0.1) is 6.92 Å². The SMILES string of the molecule is Cc1ccc(OCCN(C)N)cc1. The molecule has 3 nitrogen and oxygen atoms in total. The third-order valence-electron chi connectivity index (χ3n) is 1.73. The van der Waals surface area contributed by atoms with Gasteiger partial charge in [-0.2, -0.15) is 0 Å². The van der Waals surface area contributed by atoms with Crippen molar-refractivity contribution in [3.05, 3.63) is 29.8 Å². The van der Waals surface area contributed by atoms with Gasteiger partial charge in [0.05, 0.1) is 0 Å². The predicted molar refractivity (Wildman–Crippen MR) is 53.5 cm³/mol. The van der Waals surface area contributed by atoms with Gasteiger partial charge < -0.3 is 4.74 Å². The average Bonchev–Trinajstić information content (AvgIpc) is 2.08. The maximum atomic E-state index is 5.45. The van der Waals surface area contributed by atoms with E-state index in [-0.39, 0.29) is 0 Å². The number of rotatable bonds is 4. The summed E-state index contributed by atoms with van der Waals surface area (Å²) >= 11 is 0. The van der Waals surface area contributed by atoms with Crippen molar-refractivity contribution in [3.8, 4) is 5.75 Å². The maximum Gasteiger partial charge on any atom is 0.119 e. The van der Waals surface area contributed by atoms with E-state index in [9.17, 15) is 0 Å². The third kappa shape index (κ3) is 3.92. The van der Waals surface area contributed by atoms with Gasteiger partial charge in [0, 0.05) is 13.6 Å². The Kier molecular flexibility index (Phi) is 3.73. The van der Waals surface area contributed by atoms with E-state index in [1.54, 1.807) is 5.01 Å². The second-order valence-electron chi connectivity index (χ2n) is 3.14. The molecule has 13 heavy (non-hydrogen) atoms. The Bertz CT molecular complexity index is 244. The molecule has 0 aromatic heterocycles. The standard InChI is InChI=1S/C10H16N2O/c1-9-3-5-10(6-4-9)13-8-7-12(2)11/h3-6H,7-8,11H2,1-2H3. The van der Waals surface area contributed by atoms with Gasteiger partial charge in [0.1, 0.15) is 12.4 Å². The first kappa shape index (κ1) is 10.0. The van der Waals surface area contributed by atoms with Crippen molar-refractivity contribution in [1.82, 2.24) is 5.01 Å². The lowest BCUT2D eigenvalue weighted by molar-refractivity contribution is 0.241. The molecule has 0 atom stereocenters. The van der Waals surface area contributed by atoms with Crippen LogP contribution in [0.5, 0.6) is 5.75 Å². The van der Waals surface area contributed by atoms with Gasteiger partial charge in [-0.25, -0.2) is 5.01 Å².